The van der Waals surface area contributed by atoms with Gasteiger partial charge in [0.15, 0.2) is 0 Å². The van der Waals surface area contributed by atoms with Crippen molar-refractivity contribution in [2.75, 3.05) is 0 Å². The quantitative estimate of drug-likeness (QED) is 0.307. The number of halogens is 1. The van der Waals surface area contributed by atoms with Gasteiger partial charge in [0.05, 0.1) is 11.1 Å². The highest BCUT2D eigenvalue weighted by atomic mass is 35.5. The molecule has 0 aliphatic heterocycles. The molecule has 0 heterocycles. The molecule has 14 heavy (non-hydrogen) atoms. The lowest BCUT2D eigenvalue weighted by molar-refractivity contribution is -0.137. The van der Waals surface area contributed by atoms with Gasteiger partial charge in [0.1, 0.15) is 0 Å². The summed E-state index contributed by atoms with van der Waals surface area (Å²) in [7, 11) is 0. The van der Waals surface area contributed by atoms with Gasteiger partial charge in [0, 0.05) is 6.08 Å². The predicted molar refractivity (Wildman–Crippen MR) is 56.5 cm³/mol. The van der Waals surface area contributed by atoms with Crippen molar-refractivity contribution in [1.82, 2.24) is 0 Å². The lowest BCUT2D eigenvalue weighted by Gasteiger charge is -2.16. The summed E-state index contributed by atoms with van der Waals surface area (Å²) in [4.78, 5) is 15.6. The predicted octanol–water partition coefficient (Wildman–Crippen LogP) is 2.64. The van der Waals surface area contributed by atoms with Crippen molar-refractivity contribution in [2.24, 2.45) is 5.16 Å². The number of rotatable bonds is 2. The number of oxime groups is 1. The fourth-order valence-electron chi connectivity index (χ4n) is 1.33. The minimum atomic E-state index is -0.450. The van der Waals surface area contributed by atoms with Gasteiger partial charge in [0.25, 0.3) is 0 Å². The van der Waals surface area contributed by atoms with E-state index in [1.54, 1.807) is 13.0 Å². The molecule has 0 saturated heterocycles. The summed E-state index contributed by atoms with van der Waals surface area (Å²) in [5.74, 6) is -0.450. The van der Waals surface area contributed by atoms with Crippen LogP contribution in [-0.4, -0.2) is 17.1 Å². The number of hydrogen-bond acceptors (Lipinski definition) is 3. The number of carbonyl (C=O) groups is 1. The summed E-state index contributed by atoms with van der Waals surface area (Å²) in [6.45, 7) is 1.75. The van der Waals surface area contributed by atoms with E-state index in [1.807, 2.05) is 0 Å². The van der Waals surface area contributed by atoms with Gasteiger partial charge < -0.3 is 4.84 Å². The Morgan fingerprint density at radius 3 is 3.07 bits per heavy atom. The van der Waals surface area contributed by atoms with Crippen LogP contribution < -0.4 is 0 Å². The van der Waals surface area contributed by atoms with Gasteiger partial charge in [-0.1, -0.05) is 17.7 Å². The van der Waals surface area contributed by atoms with E-state index in [0.717, 1.165) is 31.4 Å². The lowest BCUT2D eigenvalue weighted by atomic mass is 9.98. The highest BCUT2D eigenvalue weighted by molar-refractivity contribution is 6.32. The first-order valence-electron chi connectivity index (χ1n) is 4.78. The first-order chi connectivity index (χ1) is 6.74. The molecule has 0 amide bonds. The maximum Gasteiger partial charge on any atom is 0.358 e. The summed E-state index contributed by atoms with van der Waals surface area (Å²) >= 11 is 6.00. The first kappa shape index (κ1) is 11.2. The van der Waals surface area contributed by atoms with Gasteiger partial charge in [-0.2, -0.15) is 0 Å². The van der Waals surface area contributed by atoms with Gasteiger partial charge in [0.2, 0.25) is 0 Å². The van der Waals surface area contributed by atoms with Gasteiger partial charge in [-0.25, -0.2) is 4.79 Å². The molecule has 0 spiro atoms. The molecular formula is C10H14ClNO2. The highest BCUT2D eigenvalue weighted by Crippen LogP contribution is 2.20. The van der Waals surface area contributed by atoms with Crippen LogP contribution in [0.1, 0.15) is 32.6 Å². The Morgan fingerprint density at radius 2 is 2.43 bits per heavy atom. The molecule has 1 aliphatic carbocycles. The molecule has 78 valence electrons. The molecule has 1 rings (SSSR count). The number of hydrogen-bond donors (Lipinski definition) is 0. The van der Waals surface area contributed by atoms with E-state index in [0.29, 0.717) is 0 Å². The maximum absolute atomic E-state index is 10.9. The van der Waals surface area contributed by atoms with Crippen molar-refractivity contribution in [3.8, 4) is 0 Å². The Hall–Kier alpha value is -0.830. The van der Waals surface area contributed by atoms with Crippen molar-refractivity contribution in [3.63, 3.8) is 0 Å². The third kappa shape index (κ3) is 3.50. The van der Waals surface area contributed by atoms with Crippen LogP contribution in [-0.2, 0) is 9.63 Å². The second kappa shape index (κ2) is 5.81. The van der Waals surface area contributed by atoms with E-state index in [2.05, 4.69) is 9.99 Å². The molecule has 0 aromatic carbocycles. The van der Waals surface area contributed by atoms with Crippen LogP contribution in [0.4, 0.5) is 0 Å². The minimum absolute atomic E-state index is 0.0674. The third-order valence-electron chi connectivity index (χ3n) is 2.06. The van der Waals surface area contributed by atoms with Crippen LogP contribution in [0.25, 0.3) is 0 Å². The van der Waals surface area contributed by atoms with E-state index < -0.39 is 5.97 Å². The Bertz CT molecular complexity index is 261. The first-order valence-corrected chi connectivity index (χ1v) is 5.22. The van der Waals surface area contributed by atoms with Gasteiger partial charge in [-0.3, -0.25) is 0 Å². The third-order valence-corrected chi connectivity index (χ3v) is 2.53. The van der Waals surface area contributed by atoms with E-state index in [9.17, 15) is 4.79 Å². The Labute approximate surface area is 88.8 Å². The average Bonchev–Trinajstić information content (AvgIpc) is 2.17. The van der Waals surface area contributed by atoms with E-state index in [1.165, 1.54) is 6.08 Å². The van der Waals surface area contributed by atoms with Crippen LogP contribution in [0.2, 0.25) is 0 Å². The van der Waals surface area contributed by atoms with Crippen molar-refractivity contribution in [1.29, 1.82) is 0 Å². The smallest absolute Gasteiger partial charge is 0.314 e. The Morgan fingerprint density at radius 1 is 1.64 bits per heavy atom. The molecule has 1 fully saturated rings. The zero-order valence-corrected chi connectivity index (χ0v) is 8.96. The van der Waals surface area contributed by atoms with Crippen molar-refractivity contribution >= 4 is 23.3 Å². The Kier molecular flexibility index (Phi) is 4.66. The maximum atomic E-state index is 10.9. The summed E-state index contributed by atoms with van der Waals surface area (Å²) < 4.78 is 0. The second-order valence-corrected chi connectivity index (χ2v) is 3.73. The van der Waals surface area contributed by atoms with Crippen LogP contribution in [0.15, 0.2) is 17.3 Å². The fraction of sp³-hybridized carbons (Fsp3) is 0.600. The minimum Gasteiger partial charge on any atom is -0.314 e. The second-order valence-electron chi connectivity index (χ2n) is 3.21. The summed E-state index contributed by atoms with van der Waals surface area (Å²) in [6.07, 6.45) is 6.88. The molecule has 3 nitrogen and oxygen atoms in total. The van der Waals surface area contributed by atoms with Crippen LogP contribution in [0.5, 0.6) is 0 Å². The number of allylic oxidation sites excluding steroid dienone is 1. The number of carbonyl (C=O) groups excluding carboxylic acids is 1. The standard InChI is InChI=1S/C10H14ClNO2/c1-2-5-10(13)14-12-9-7-4-3-6-8(9)11/h2,5,8H,3-4,6-7H2,1H3/b5-2+,12-9?. The normalized spacial score (nSPS) is 25.6. The van der Waals surface area contributed by atoms with Crippen molar-refractivity contribution < 1.29 is 9.63 Å². The zero-order chi connectivity index (χ0) is 10.4. The molecule has 0 bridgehead atoms. The summed E-state index contributed by atoms with van der Waals surface area (Å²) in [5, 5.41) is 3.70. The van der Waals surface area contributed by atoms with Crippen LogP contribution in [0, 0.1) is 0 Å². The van der Waals surface area contributed by atoms with E-state index in [4.69, 9.17) is 11.6 Å². The highest BCUT2D eigenvalue weighted by Gasteiger charge is 2.18. The molecule has 4 heteroatoms. The molecule has 0 aromatic heterocycles. The van der Waals surface area contributed by atoms with E-state index in [-0.39, 0.29) is 5.38 Å². The van der Waals surface area contributed by atoms with Gasteiger partial charge >= 0.3 is 5.97 Å². The SMILES string of the molecule is C/C=C/C(=O)ON=C1CCCCC1Cl. The molecule has 1 unspecified atom stereocenters. The van der Waals surface area contributed by atoms with Crippen molar-refractivity contribution in [3.05, 3.63) is 12.2 Å². The summed E-state index contributed by atoms with van der Waals surface area (Å²) in [5.41, 5.74) is 0.788. The van der Waals surface area contributed by atoms with E-state index >= 15 is 0 Å². The lowest BCUT2D eigenvalue weighted by Crippen LogP contribution is -2.20. The van der Waals surface area contributed by atoms with Crippen LogP contribution >= 0.6 is 11.6 Å². The zero-order valence-electron chi connectivity index (χ0n) is 8.20. The molecule has 0 N–H and O–H groups in total. The molecular weight excluding hydrogens is 202 g/mol. The van der Waals surface area contributed by atoms with Crippen LogP contribution in [0.3, 0.4) is 0 Å². The molecule has 0 aromatic rings. The van der Waals surface area contributed by atoms with Gasteiger partial charge in [-0.05, 0) is 26.2 Å². The topological polar surface area (TPSA) is 38.7 Å². The summed E-state index contributed by atoms with van der Waals surface area (Å²) in [6, 6.07) is 0. The molecule has 0 radical (unpaired) electrons. The van der Waals surface area contributed by atoms with Crippen molar-refractivity contribution in [2.45, 2.75) is 38.0 Å². The molecule has 1 aliphatic rings. The molecule has 1 atom stereocenters. The monoisotopic (exact) mass is 215 g/mol. The molecule has 1 saturated carbocycles. The largest absolute Gasteiger partial charge is 0.358 e. The Balaban J connectivity index is 2.46. The van der Waals surface area contributed by atoms with Gasteiger partial charge in [-0.15, -0.1) is 11.6 Å². The fourth-order valence-corrected chi connectivity index (χ4v) is 1.63. The number of nitrogens with zero attached hydrogens (tertiary/aromatic N) is 1. The average molecular weight is 216 g/mol. The number of alkyl halides is 1.